The van der Waals surface area contributed by atoms with Crippen LogP contribution in [-0.2, 0) is 15.2 Å². The Morgan fingerprint density at radius 1 is 1.21 bits per heavy atom. The molecule has 1 heterocycles. The minimum Gasteiger partial charge on any atom is -0.383 e. The highest BCUT2D eigenvalue weighted by Gasteiger charge is 2.25. The zero-order valence-corrected chi connectivity index (χ0v) is 14.6. The molecule has 2 atom stereocenters. The SMILES string of the molecule is CC(=O)NC(CC(=O)NCC(C)(O)c1cccs1)c1ccccc1. The Morgan fingerprint density at radius 3 is 2.50 bits per heavy atom. The number of rotatable bonds is 7. The van der Waals surface area contributed by atoms with Gasteiger partial charge in [-0.15, -0.1) is 11.3 Å². The molecule has 5 nitrogen and oxygen atoms in total. The van der Waals surface area contributed by atoms with Crippen LogP contribution in [0.2, 0.25) is 0 Å². The molecule has 3 N–H and O–H groups in total. The van der Waals surface area contributed by atoms with E-state index in [0.717, 1.165) is 10.4 Å². The molecule has 0 fully saturated rings. The number of thiophene rings is 1. The predicted molar refractivity (Wildman–Crippen MR) is 94.5 cm³/mol. The molecule has 24 heavy (non-hydrogen) atoms. The smallest absolute Gasteiger partial charge is 0.222 e. The molecular formula is C18H22N2O3S. The molecule has 1 aromatic heterocycles. The molecule has 2 aromatic rings. The molecule has 0 spiro atoms. The highest BCUT2D eigenvalue weighted by Crippen LogP contribution is 2.24. The molecule has 0 aliphatic heterocycles. The third-order valence-electron chi connectivity index (χ3n) is 3.65. The van der Waals surface area contributed by atoms with Gasteiger partial charge in [0, 0.05) is 11.8 Å². The Bertz CT molecular complexity index is 669. The Balaban J connectivity index is 1.97. The van der Waals surface area contributed by atoms with Gasteiger partial charge in [-0.2, -0.15) is 0 Å². The maximum atomic E-state index is 12.3. The lowest BCUT2D eigenvalue weighted by Gasteiger charge is -2.23. The molecular weight excluding hydrogens is 324 g/mol. The molecule has 1 aromatic carbocycles. The van der Waals surface area contributed by atoms with E-state index < -0.39 is 11.6 Å². The van der Waals surface area contributed by atoms with Gasteiger partial charge >= 0.3 is 0 Å². The van der Waals surface area contributed by atoms with E-state index in [4.69, 9.17) is 0 Å². The monoisotopic (exact) mass is 346 g/mol. The van der Waals surface area contributed by atoms with Crippen molar-refractivity contribution in [2.45, 2.75) is 31.9 Å². The lowest BCUT2D eigenvalue weighted by atomic mass is 10.0. The average Bonchev–Trinajstić information content (AvgIpc) is 3.08. The van der Waals surface area contributed by atoms with Crippen molar-refractivity contribution < 1.29 is 14.7 Å². The van der Waals surface area contributed by atoms with Gasteiger partial charge in [0.1, 0.15) is 5.60 Å². The zero-order valence-electron chi connectivity index (χ0n) is 13.8. The van der Waals surface area contributed by atoms with Crippen LogP contribution in [0.4, 0.5) is 0 Å². The summed E-state index contributed by atoms with van der Waals surface area (Å²) in [6.07, 6.45) is 0.115. The van der Waals surface area contributed by atoms with Gasteiger partial charge in [0.05, 0.1) is 19.0 Å². The van der Waals surface area contributed by atoms with Crippen LogP contribution in [0.5, 0.6) is 0 Å². The number of carbonyl (C=O) groups is 2. The second kappa shape index (κ2) is 8.08. The molecule has 0 bridgehead atoms. The van der Waals surface area contributed by atoms with E-state index in [2.05, 4.69) is 10.6 Å². The summed E-state index contributed by atoms with van der Waals surface area (Å²) in [5.74, 6) is -0.420. The number of hydrogen-bond acceptors (Lipinski definition) is 4. The standard InChI is InChI=1S/C18H22N2O3S/c1-13(21)20-15(14-7-4-3-5-8-14)11-17(22)19-12-18(2,23)16-9-6-10-24-16/h3-10,15,23H,11-12H2,1-2H3,(H,19,22)(H,20,21). The van der Waals surface area contributed by atoms with Crippen LogP contribution in [-0.4, -0.2) is 23.5 Å². The second-order valence-corrected chi connectivity index (χ2v) is 6.84. The molecule has 2 unspecified atom stereocenters. The van der Waals surface area contributed by atoms with Crippen LogP contribution >= 0.6 is 11.3 Å². The van der Waals surface area contributed by atoms with Crippen molar-refractivity contribution >= 4 is 23.2 Å². The van der Waals surface area contributed by atoms with Gasteiger partial charge in [0.25, 0.3) is 0 Å². The number of benzene rings is 1. The minimum absolute atomic E-state index is 0.115. The zero-order chi connectivity index (χ0) is 17.6. The first-order valence-corrected chi connectivity index (χ1v) is 8.61. The van der Waals surface area contributed by atoms with Crippen molar-refractivity contribution in [1.82, 2.24) is 10.6 Å². The van der Waals surface area contributed by atoms with Crippen molar-refractivity contribution in [3.63, 3.8) is 0 Å². The van der Waals surface area contributed by atoms with Gasteiger partial charge in [-0.05, 0) is 23.9 Å². The van der Waals surface area contributed by atoms with Crippen molar-refractivity contribution in [3.05, 3.63) is 58.3 Å². The van der Waals surface area contributed by atoms with E-state index in [-0.39, 0.29) is 24.8 Å². The summed E-state index contributed by atoms with van der Waals surface area (Å²) in [5.41, 5.74) is -0.243. The fraction of sp³-hybridized carbons (Fsp3) is 0.333. The Hall–Kier alpha value is -2.18. The van der Waals surface area contributed by atoms with Crippen LogP contribution in [0.15, 0.2) is 47.8 Å². The number of hydrogen-bond donors (Lipinski definition) is 3. The fourth-order valence-electron chi connectivity index (χ4n) is 2.38. The normalized spacial score (nSPS) is 14.5. The largest absolute Gasteiger partial charge is 0.383 e. The highest BCUT2D eigenvalue weighted by atomic mass is 32.1. The van der Waals surface area contributed by atoms with Gasteiger partial charge in [-0.3, -0.25) is 9.59 Å². The summed E-state index contributed by atoms with van der Waals surface area (Å²) in [7, 11) is 0. The average molecular weight is 346 g/mol. The molecule has 0 aliphatic carbocycles. The van der Waals surface area contributed by atoms with Gasteiger partial charge in [0.15, 0.2) is 0 Å². The summed E-state index contributed by atoms with van der Waals surface area (Å²) in [5, 5.41) is 17.9. The lowest BCUT2D eigenvalue weighted by molar-refractivity contribution is -0.123. The lowest BCUT2D eigenvalue weighted by Crippen LogP contribution is -2.40. The Labute approximate surface area is 145 Å². The summed E-state index contributed by atoms with van der Waals surface area (Å²) in [6, 6.07) is 12.7. The van der Waals surface area contributed by atoms with Gasteiger partial charge in [0.2, 0.25) is 11.8 Å². The molecule has 2 amide bonds. The molecule has 2 rings (SSSR count). The quantitative estimate of drug-likeness (QED) is 0.720. The van der Waals surface area contributed by atoms with Crippen molar-refractivity contribution in [1.29, 1.82) is 0 Å². The van der Waals surface area contributed by atoms with Crippen LogP contribution in [0, 0.1) is 0 Å². The summed E-state index contributed by atoms with van der Waals surface area (Å²) in [4.78, 5) is 24.5. The number of amides is 2. The Kier molecular flexibility index (Phi) is 6.11. The maximum Gasteiger partial charge on any atom is 0.222 e. The molecule has 128 valence electrons. The van der Waals surface area contributed by atoms with Gasteiger partial charge < -0.3 is 15.7 Å². The second-order valence-electron chi connectivity index (χ2n) is 5.90. The third-order valence-corrected chi connectivity index (χ3v) is 4.77. The summed E-state index contributed by atoms with van der Waals surface area (Å²) >= 11 is 1.44. The first-order valence-electron chi connectivity index (χ1n) is 7.73. The van der Waals surface area contributed by atoms with Gasteiger partial charge in [-0.1, -0.05) is 36.4 Å². The van der Waals surface area contributed by atoms with E-state index in [9.17, 15) is 14.7 Å². The first kappa shape index (κ1) is 18.2. The minimum atomic E-state index is -1.11. The topological polar surface area (TPSA) is 78.4 Å². The van der Waals surface area contributed by atoms with E-state index in [1.807, 2.05) is 47.8 Å². The summed E-state index contributed by atoms with van der Waals surface area (Å²) in [6.45, 7) is 3.21. The molecule has 0 saturated heterocycles. The summed E-state index contributed by atoms with van der Waals surface area (Å²) < 4.78 is 0. The third kappa shape index (κ3) is 5.18. The van der Waals surface area contributed by atoms with Crippen molar-refractivity contribution in [2.24, 2.45) is 0 Å². The molecule has 6 heteroatoms. The first-order chi connectivity index (χ1) is 11.4. The number of carbonyl (C=O) groups excluding carboxylic acids is 2. The van der Waals surface area contributed by atoms with Crippen molar-refractivity contribution in [3.8, 4) is 0 Å². The van der Waals surface area contributed by atoms with Crippen LogP contribution in [0.1, 0.15) is 36.8 Å². The molecule has 0 radical (unpaired) electrons. The highest BCUT2D eigenvalue weighted by molar-refractivity contribution is 7.10. The molecule has 0 aliphatic rings. The van der Waals surface area contributed by atoms with Crippen molar-refractivity contribution in [2.75, 3.05) is 6.54 Å². The number of nitrogens with one attached hydrogen (secondary N) is 2. The Morgan fingerprint density at radius 2 is 1.92 bits per heavy atom. The molecule has 0 saturated carbocycles. The van der Waals surface area contributed by atoms with E-state index >= 15 is 0 Å². The predicted octanol–water partition coefficient (Wildman–Crippen LogP) is 2.34. The maximum absolute atomic E-state index is 12.3. The van der Waals surface area contributed by atoms with E-state index in [1.165, 1.54) is 18.3 Å². The van der Waals surface area contributed by atoms with Crippen LogP contribution in [0.25, 0.3) is 0 Å². The van der Waals surface area contributed by atoms with E-state index in [0.29, 0.717) is 0 Å². The number of aliphatic hydroxyl groups is 1. The van der Waals surface area contributed by atoms with Gasteiger partial charge in [-0.25, -0.2) is 0 Å². The van der Waals surface area contributed by atoms with E-state index in [1.54, 1.807) is 6.92 Å². The van der Waals surface area contributed by atoms with Crippen LogP contribution in [0.3, 0.4) is 0 Å². The fourth-order valence-corrected chi connectivity index (χ4v) is 3.17. The van der Waals surface area contributed by atoms with Crippen LogP contribution < -0.4 is 10.6 Å².